The molecule has 1 spiro atoms. The fraction of sp³-hybridized carbons (Fsp3) is 0.833. The number of carbonyl (C=O) groups is 1. The zero-order valence-electron chi connectivity index (χ0n) is 13.4. The molecule has 0 aromatic rings. The maximum atomic E-state index is 11.7. The van der Waals surface area contributed by atoms with Crippen LogP contribution in [0.3, 0.4) is 0 Å². The predicted octanol–water partition coefficient (Wildman–Crippen LogP) is 2.93. The summed E-state index contributed by atoms with van der Waals surface area (Å²) >= 11 is 0. The van der Waals surface area contributed by atoms with Gasteiger partial charge in [0.05, 0.1) is 0 Å². The highest BCUT2D eigenvalue weighted by Crippen LogP contribution is 2.64. The monoisotopic (exact) mass is 288 g/mol. The molecule has 0 radical (unpaired) electrons. The van der Waals surface area contributed by atoms with E-state index < -0.39 is 0 Å². The minimum absolute atomic E-state index is 0.158. The number of rotatable bonds is 1. The molecule has 5 atom stereocenters. The van der Waals surface area contributed by atoms with E-state index in [4.69, 9.17) is 0 Å². The van der Waals surface area contributed by atoms with E-state index in [-0.39, 0.29) is 5.91 Å². The van der Waals surface area contributed by atoms with Crippen LogP contribution in [0.25, 0.3) is 0 Å². The van der Waals surface area contributed by atoms with E-state index in [9.17, 15) is 4.79 Å². The second-order valence-electron chi connectivity index (χ2n) is 7.88. The Balaban J connectivity index is 1.78. The van der Waals surface area contributed by atoms with Crippen molar-refractivity contribution < 1.29 is 4.79 Å². The van der Waals surface area contributed by atoms with Crippen molar-refractivity contribution in [1.29, 1.82) is 0 Å². The van der Waals surface area contributed by atoms with Crippen molar-refractivity contribution in [3.05, 3.63) is 11.8 Å². The lowest BCUT2D eigenvalue weighted by Crippen LogP contribution is -2.48. The van der Waals surface area contributed by atoms with Crippen LogP contribution in [0.5, 0.6) is 0 Å². The summed E-state index contributed by atoms with van der Waals surface area (Å²) in [6.45, 7) is 6.55. The Morgan fingerprint density at radius 3 is 2.95 bits per heavy atom. The molecular formula is C18H28N2O. The molecule has 4 aliphatic rings. The van der Waals surface area contributed by atoms with Crippen molar-refractivity contribution in [3.8, 4) is 0 Å². The highest BCUT2D eigenvalue weighted by Gasteiger charge is 2.60. The Morgan fingerprint density at radius 2 is 2.14 bits per heavy atom. The normalized spacial score (nSPS) is 44.7. The molecule has 0 unspecified atom stereocenters. The minimum atomic E-state index is 0.158. The fourth-order valence-corrected chi connectivity index (χ4v) is 6.20. The van der Waals surface area contributed by atoms with Crippen LogP contribution in [0.4, 0.5) is 0 Å². The Morgan fingerprint density at radius 1 is 1.33 bits per heavy atom. The number of amides is 1. The summed E-state index contributed by atoms with van der Waals surface area (Å²) in [6.07, 6.45) is 10.4. The molecule has 2 aliphatic carbocycles. The third-order valence-corrected chi connectivity index (χ3v) is 6.68. The molecule has 2 heterocycles. The van der Waals surface area contributed by atoms with Gasteiger partial charge in [-0.2, -0.15) is 0 Å². The van der Waals surface area contributed by atoms with Crippen LogP contribution >= 0.6 is 0 Å². The van der Waals surface area contributed by atoms with E-state index in [0.717, 1.165) is 5.92 Å². The van der Waals surface area contributed by atoms with Crippen LogP contribution in [-0.2, 0) is 4.79 Å². The highest BCUT2D eigenvalue weighted by atomic mass is 16.1. The number of nitrogens with zero attached hydrogens (tertiary/aromatic N) is 1. The van der Waals surface area contributed by atoms with Crippen LogP contribution in [0.1, 0.15) is 52.4 Å². The Labute approximate surface area is 128 Å². The van der Waals surface area contributed by atoms with Gasteiger partial charge in [0.1, 0.15) is 0 Å². The van der Waals surface area contributed by atoms with Gasteiger partial charge >= 0.3 is 0 Å². The first-order valence-corrected chi connectivity index (χ1v) is 8.85. The van der Waals surface area contributed by atoms with Gasteiger partial charge in [-0.05, 0) is 56.3 Å². The predicted molar refractivity (Wildman–Crippen MR) is 83.5 cm³/mol. The van der Waals surface area contributed by atoms with Crippen molar-refractivity contribution in [2.24, 2.45) is 23.2 Å². The lowest BCUT2D eigenvalue weighted by molar-refractivity contribution is -0.120. The molecule has 1 amide bonds. The Hall–Kier alpha value is -0.990. The molecule has 2 bridgehead atoms. The van der Waals surface area contributed by atoms with Crippen LogP contribution < -0.4 is 5.32 Å². The second-order valence-corrected chi connectivity index (χ2v) is 7.88. The quantitative estimate of drug-likeness (QED) is 0.804. The number of allylic oxidation sites excluding steroid dienone is 2. The van der Waals surface area contributed by atoms with Gasteiger partial charge in [0.15, 0.2) is 0 Å². The summed E-state index contributed by atoms with van der Waals surface area (Å²) in [7, 11) is 0. The average Bonchev–Trinajstić information content (AvgIpc) is 2.65. The van der Waals surface area contributed by atoms with Gasteiger partial charge < -0.3 is 10.2 Å². The SMILES string of the molecule is CC(=O)N[C@@H]1C[C@H]2C[C@H](C)C=C3N4CCC[C@@H]1[C@]32CCC4. The molecule has 1 N–H and O–H groups in total. The second kappa shape index (κ2) is 4.76. The van der Waals surface area contributed by atoms with Gasteiger partial charge in [-0.3, -0.25) is 4.79 Å². The molecule has 3 fully saturated rings. The molecule has 116 valence electrons. The lowest BCUT2D eigenvalue weighted by Gasteiger charge is -2.52. The summed E-state index contributed by atoms with van der Waals surface area (Å²) in [6, 6.07) is 0.416. The number of hydrogen-bond acceptors (Lipinski definition) is 2. The molecule has 4 rings (SSSR count). The zero-order chi connectivity index (χ0) is 14.6. The molecule has 3 heteroatoms. The average molecular weight is 288 g/mol. The van der Waals surface area contributed by atoms with E-state index in [2.05, 4.69) is 23.2 Å². The molecular weight excluding hydrogens is 260 g/mol. The molecule has 3 nitrogen and oxygen atoms in total. The van der Waals surface area contributed by atoms with Gasteiger partial charge in [0.2, 0.25) is 5.91 Å². The summed E-state index contributed by atoms with van der Waals surface area (Å²) in [5, 5.41) is 3.31. The molecule has 1 saturated carbocycles. The zero-order valence-corrected chi connectivity index (χ0v) is 13.4. The highest BCUT2D eigenvalue weighted by molar-refractivity contribution is 5.73. The third-order valence-electron chi connectivity index (χ3n) is 6.68. The first kappa shape index (κ1) is 13.7. The van der Waals surface area contributed by atoms with Crippen molar-refractivity contribution in [3.63, 3.8) is 0 Å². The number of carbonyl (C=O) groups excluding carboxylic acids is 1. The van der Waals surface area contributed by atoms with E-state index >= 15 is 0 Å². The largest absolute Gasteiger partial charge is 0.375 e. The Bertz CT molecular complexity index is 486. The summed E-state index contributed by atoms with van der Waals surface area (Å²) < 4.78 is 0. The van der Waals surface area contributed by atoms with E-state index in [0.29, 0.717) is 23.3 Å². The minimum Gasteiger partial charge on any atom is -0.375 e. The van der Waals surface area contributed by atoms with Crippen LogP contribution in [0.2, 0.25) is 0 Å². The first-order valence-electron chi connectivity index (χ1n) is 8.85. The van der Waals surface area contributed by atoms with Gasteiger partial charge in [-0.25, -0.2) is 0 Å². The van der Waals surface area contributed by atoms with Gasteiger partial charge in [0, 0.05) is 37.2 Å². The number of hydrogen-bond donors (Lipinski definition) is 1. The van der Waals surface area contributed by atoms with E-state index in [1.165, 1.54) is 51.6 Å². The third kappa shape index (κ3) is 1.89. The van der Waals surface area contributed by atoms with Crippen LogP contribution in [-0.4, -0.2) is 29.9 Å². The maximum absolute atomic E-state index is 11.7. The summed E-state index contributed by atoms with van der Waals surface area (Å²) in [5.74, 6) is 2.32. The molecule has 0 aromatic heterocycles. The molecule has 21 heavy (non-hydrogen) atoms. The smallest absolute Gasteiger partial charge is 0.217 e. The number of nitrogens with one attached hydrogen (secondary N) is 1. The summed E-state index contributed by atoms with van der Waals surface area (Å²) in [5.41, 5.74) is 2.07. The molecule has 0 aromatic carbocycles. The molecule has 2 saturated heterocycles. The lowest BCUT2D eigenvalue weighted by atomic mass is 9.59. The Kier molecular flexibility index (Phi) is 3.09. The van der Waals surface area contributed by atoms with Crippen molar-refractivity contribution >= 4 is 5.91 Å². The van der Waals surface area contributed by atoms with E-state index in [1.54, 1.807) is 12.6 Å². The van der Waals surface area contributed by atoms with Crippen LogP contribution in [0.15, 0.2) is 11.8 Å². The molecule has 2 aliphatic heterocycles. The van der Waals surface area contributed by atoms with Gasteiger partial charge in [-0.15, -0.1) is 0 Å². The van der Waals surface area contributed by atoms with Gasteiger partial charge in [-0.1, -0.05) is 13.0 Å². The van der Waals surface area contributed by atoms with Crippen LogP contribution in [0, 0.1) is 23.2 Å². The topological polar surface area (TPSA) is 32.3 Å². The maximum Gasteiger partial charge on any atom is 0.217 e. The van der Waals surface area contributed by atoms with Gasteiger partial charge in [0.25, 0.3) is 0 Å². The number of piperidine rings is 1. The first-order chi connectivity index (χ1) is 10.1. The van der Waals surface area contributed by atoms with Crippen molar-refractivity contribution in [2.45, 2.75) is 58.4 Å². The van der Waals surface area contributed by atoms with Crippen molar-refractivity contribution in [2.75, 3.05) is 13.1 Å². The summed E-state index contributed by atoms with van der Waals surface area (Å²) in [4.78, 5) is 14.3. The van der Waals surface area contributed by atoms with E-state index in [1.807, 2.05) is 0 Å². The fourth-order valence-electron chi connectivity index (χ4n) is 6.20. The standard InChI is InChI=1S/C18H28N2O/c1-12-9-14-11-16(19-13(2)21)15-5-3-7-20-8-4-6-18(14,15)17(20)10-12/h10,12,14-16H,3-9,11H2,1-2H3,(H,19,21)/t12-,14+,15-,16+,18+/m0/s1. The van der Waals surface area contributed by atoms with Crippen molar-refractivity contribution in [1.82, 2.24) is 10.2 Å².